The highest BCUT2D eigenvalue weighted by atomic mass is 32.1. The van der Waals surface area contributed by atoms with Crippen LogP contribution in [0.4, 0.5) is 10.8 Å². The molecule has 6 nitrogen and oxygen atoms in total. The maximum absolute atomic E-state index is 12.7. The largest absolute Gasteiger partial charge is 0.459 e. The summed E-state index contributed by atoms with van der Waals surface area (Å²) in [5.41, 5.74) is 3.98. The van der Waals surface area contributed by atoms with Gasteiger partial charge in [-0.1, -0.05) is 42.5 Å². The van der Waals surface area contributed by atoms with Crippen LogP contribution in [0.5, 0.6) is 0 Å². The average Bonchev–Trinajstić information content (AvgIpc) is 3.38. The third kappa shape index (κ3) is 4.25. The number of nitrogens with one attached hydrogen (secondary N) is 2. The molecule has 0 radical (unpaired) electrons. The fourth-order valence-corrected chi connectivity index (χ4v) is 3.59. The Morgan fingerprint density at radius 3 is 2.41 bits per heavy atom. The van der Waals surface area contributed by atoms with E-state index in [0.717, 1.165) is 28.1 Å². The first-order chi connectivity index (χ1) is 14.1. The molecule has 7 heteroatoms. The van der Waals surface area contributed by atoms with Gasteiger partial charge in [-0.2, -0.15) is 0 Å². The van der Waals surface area contributed by atoms with Crippen LogP contribution in [0, 0.1) is 0 Å². The highest BCUT2D eigenvalue weighted by molar-refractivity contribution is 7.14. The minimum Gasteiger partial charge on any atom is -0.459 e. The first-order valence-corrected chi connectivity index (χ1v) is 9.76. The van der Waals surface area contributed by atoms with Crippen molar-refractivity contribution in [2.24, 2.45) is 0 Å². The summed E-state index contributed by atoms with van der Waals surface area (Å²) in [6, 6.07) is 18.7. The third-order valence-corrected chi connectivity index (χ3v) is 4.94. The Morgan fingerprint density at radius 1 is 0.931 bits per heavy atom. The predicted octanol–water partition coefficient (Wildman–Crippen LogP) is 5.28. The number of benzene rings is 2. The number of hydrogen-bond donors (Lipinski definition) is 2. The molecular weight excluding hydrogens is 386 g/mol. The number of nitrogens with zero attached hydrogens (tertiary/aromatic N) is 1. The van der Waals surface area contributed by atoms with Gasteiger partial charge in [0.2, 0.25) is 5.91 Å². The Balaban J connectivity index is 1.49. The van der Waals surface area contributed by atoms with E-state index in [2.05, 4.69) is 15.6 Å². The van der Waals surface area contributed by atoms with Crippen LogP contribution >= 0.6 is 11.3 Å². The van der Waals surface area contributed by atoms with Crippen LogP contribution in [-0.4, -0.2) is 16.8 Å². The predicted molar refractivity (Wildman–Crippen MR) is 114 cm³/mol. The van der Waals surface area contributed by atoms with Gasteiger partial charge < -0.3 is 9.73 Å². The summed E-state index contributed by atoms with van der Waals surface area (Å²) < 4.78 is 5.42. The molecule has 2 aromatic carbocycles. The van der Waals surface area contributed by atoms with E-state index in [-0.39, 0.29) is 17.6 Å². The van der Waals surface area contributed by atoms with Gasteiger partial charge in [-0.15, -0.1) is 11.3 Å². The van der Waals surface area contributed by atoms with Crippen molar-refractivity contribution in [3.63, 3.8) is 0 Å². The number of thiazole rings is 1. The summed E-state index contributed by atoms with van der Waals surface area (Å²) in [6.07, 6.45) is 1.50. The van der Waals surface area contributed by atoms with Crippen LogP contribution in [0.2, 0.25) is 0 Å². The Labute approximate surface area is 171 Å². The van der Waals surface area contributed by atoms with Crippen LogP contribution in [0.3, 0.4) is 0 Å². The van der Waals surface area contributed by atoms with Crippen molar-refractivity contribution in [2.75, 3.05) is 10.6 Å². The number of rotatable bonds is 5. The molecule has 0 bridgehead atoms. The summed E-state index contributed by atoms with van der Waals surface area (Å²) in [5, 5.41) is 7.87. The van der Waals surface area contributed by atoms with Gasteiger partial charge in [-0.3, -0.25) is 14.9 Å². The highest BCUT2D eigenvalue weighted by Crippen LogP contribution is 2.28. The number of carbonyl (C=O) groups excluding carboxylic acids is 2. The van der Waals surface area contributed by atoms with E-state index in [1.807, 2.05) is 60.0 Å². The number of aromatic nitrogens is 1. The van der Waals surface area contributed by atoms with Crippen LogP contribution in [-0.2, 0) is 4.79 Å². The van der Waals surface area contributed by atoms with Crippen molar-refractivity contribution in [3.05, 3.63) is 78.1 Å². The molecule has 2 heterocycles. The smallest absolute Gasteiger partial charge is 0.293 e. The quantitative estimate of drug-likeness (QED) is 0.475. The van der Waals surface area contributed by atoms with Crippen LogP contribution < -0.4 is 10.6 Å². The molecule has 144 valence electrons. The van der Waals surface area contributed by atoms with Gasteiger partial charge in [-0.25, -0.2) is 4.98 Å². The lowest BCUT2D eigenvalue weighted by molar-refractivity contribution is -0.114. The van der Waals surface area contributed by atoms with E-state index in [0.29, 0.717) is 5.13 Å². The molecule has 0 aliphatic heterocycles. The summed E-state index contributed by atoms with van der Waals surface area (Å²) in [4.78, 5) is 28.3. The summed E-state index contributed by atoms with van der Waals surface area (Å²) in [7, 11) is 0. The van der Waals surface area contributed by atoms with E-state index in [1.54, 1.807) is 6.07 Å². The van der Waals surface area contributed by atoms with Crippen LogP contribution in [0.25, 0.3) is 22.4 Å². The van der Waals surface area contributed by atoms with Crippen molar-refractivity contribution in [1.29, 1.82) is 0 Å². The molecule has 0 aliphatic rings. The van der Waals surface area contributed by atoms with E-state index >= 15 is 0 Å². The normalized spacial score (nSPS) is 10.5. The average molecular weight is 403 g/mol. The number of anilines is 2. The second-order valence-electron chi connectivity index (χ2n) is 6.28. The van der Waals surface area contributed by atoms with Gasteiger partial charge in [0, 0.05) is 29.1 Å². The van der Waals surface area contributed by atoms with E-state index in [4.69, 9.17) is 4.42 Å². The van der Waals surface area contributed by atoms with Crippen molar-refractivity contribution in [1.82, 2.24) is 4.98 Å². The Hall–Kier alpha value is -3.71. The summed E-state index contributed by atoms with van der Waals surface area (Å²) in [6.45, 7) is 1.46. The second-order valence-corrected chi connectivity index (χ2v) is 7.14. The van der Waals surface area contributed by atoms with Gasteiger partial charge in [-0.05, 0) is 23.8 Å². The first-order valence-electron chi connectivity index (χ1n) is 8.88. The number of carbonyl (C=O) groups is 2. The van der Waals surface area contributed by atoms with Crippen molar-refractivity contribution < 1.29 is 14.0 Å². The molecule has 4 rings (SSSR count). The fourth-order valence-electron chi connectivity index (χ4n) is 2.88. The van der Waals surface area contributed by atoms with Gasteiger partial charge in [0.15, 0.2) is 10.9 Å². The first kappa shape index (κ1) is 18.6. The Bertz CT molecular complexity index is 1150. The summed E-state index contributed by atoms with van der Waals surface area (Å²) >= 11 is 1.33. The zero-order valence-corrected chi connectivity index (χ0v) is 16.3. The molecule has 0 atom stereocenters. The second kappa shape index (κ2) is 8.12. The Kier molecular flexibility index (Phi) is 5.22. The number of furan rings is 1. The van der Waals surface area contributed by atoms with Gasteiger partial charge in [0.1, 0.15) is 0 Å². The fraction of sp³-hybridized carbons (Fsp3) is 0.0455. The molecule has 4 aromatic rings. The van der Waals surface area contributed by atoms with Crippen molar-refractivity contribution in [3.8, 4) is 22.4 Å². The van der Waals surface area contributed by atoms with Crippen molar-refractivity contribution in [2.45, 2.75) is 6.92 Å². The monoisotopic (exact) mass is 403 g/mol. The lowest BCUT2D eigenvalue weighted by Gasteiger charge is -2.03. The molecule has 0 fully saturated rings. The van der Waals surface area contributed by atoms with Gasteiger partial charge in [0.05, 0.1) is 12.0 Å². The topological polar surface area (TPSA) is 84.2 Å². The number of hydrogen-bond acceptors (Lipinski definition) is 5. The van der Waals surface area contributed by atoms with Crippen molar-refractivity contribution >= 4 is 34.0 Å². The van der Waals surface area contributed by atoms with Gasteiger partial charge >= 0.3 is 0 Å². The molecule has 29 heavy (non-hydrogen) atoms. The highest BCUT2D eigenvalue weighted by Gasteiger charge is 2.18. The molecule has 0 saturated heterocycles. The SMILES string of the molecule is CC(=O)Nc1ccc(-c2csc(NC(=O)c3occc3-c3ccccc3)n2)cc1. The molecule has 0 saturated carbocycles. The zero-order chi connectivity index (χ0) is 20.2. The van der Waals surface area contributed by atoms with Crippen LogP contribution in [0.1, 0.15) is 17.5 Å². The maximum atomic E-state index is 12.7. The minimum absolute atomic E-state index is 0.121. The Morgan fingerprint density at radius 2 is 1.69 bits per heavy atom. The van der Waals surface area contributed by atoms with E-state index in [9.17, 15) is 9.59 Å². The van der Waals surface area contributed by atoms with Crippen LogP contribution in [0.15, 0.2) is 76.7 Å². The van der Waals surface area contributed by atoms with E-state index < -0.39 is 0 Å². The molecule has 2 aromatic heterocycles. The molecule has 0 unspecified atom stereocenters. The zero-order valence-electron chi connectivity index (χ0n) is 15.5. The molecule has 0 aliphatic carbocycles. The maximum Gasteiger partial charge on any atom is 0.293 e. The lowest BCUT2D eigenvalue weighted by atomic mass is 10.1. The molecule has 2 N–H and O–H groups in total. The summed E-state index contributed by atoms with van der Waals surface area (Å²) in [5.74, 6) is -0.229. The standard InChI is InChI=1S/C22H17N3O3S/c1-14(26)23-17-9-7-16(8-10-17)19-13-29-22(24-19)25-21(27)20-18(11-12-28-20)15-5-3-2-4-6-15/h2-13H,1H3,(H,23,26)(H,24,25,27). The number of amides is 2. The lowest BCUT2D eigenvalue weighted by Crippen LogP contribution is -2.11. The molecule has 2 amide bonds. The third-order valence-electron chi connectivity index (χ3n) is 4.18. The van der Waals surface area contributed by atoms with E-state index in [1.165, 1.54) is 24.5 Å². The molecule has 0 spiro atoms. The van der Waals surface area contributed by atoms with Gasteiger partial charge in [0.25, 0.3) is 5.91 Å². The molecular formula is C22H17N3O3S. The minimum atomic E-state index is -0.351.